The molecule has 0 amide bonds. The Hall–Kier alpha value is -1.20. The second kappa shape index (κ2) is 6.30. The van der Waals surface area contributed by atoms with Crippen molar-refractivity contribution in [1.82, 2.24) is 20.1 Å². The zero-order valence-electron chi connectivity index (χ0n) is 12.1. The van der Waals surface area contributed by atoms with Gasteiger partial charge >= 0.3 is 0 Å². The van der Waals surface area contributed by atoms with E-state index in [1.807, 2.05) is 10.9 Å². The SMILES string of the molecule is Cc1nc(Cn2nccc2CNCC(C)C)sc1C. The van der Waals surface area contributed by atoms with E-state index in [0.29, 0.717) is 5.92 Å². The number of rotatable bonds is 6. The third kappa shape index (κ3) is 3.88. The van der Waals surface area contributed by atoms with Gasteiger partial charge in [0, 0.05) is 17.6 Å². The Kier molecular flexibility index (Phi) is 4.71. The van der Waals surface area contributed by atoms with Crippen LogP contribution in [0.1, 0.15) is 35.1 Å². The first-order chi connectivity index (χ1) is 9.06. The van der Waals surface area contributed by atoms with Crippen LogP contribution in [0, 0.1) is 19.8 Å². The summed E-state index contributed by atoms with van der Waals surface area (Å²) in [4.78, 5) is 5.87. The van der Waals surface area contributed by atoms with E-state index in [2.05, 4.69) is 49.2 Å². The van der Waals surface area contributed by atoms with Gasteiger partial charge in [0.2, 0.25) is 0 Å². The minimum atomic E-state index is 0.667. The highest BCUT2D eigenvalue weighted by molar-refractivity contribution is 7.11. The van der Waals surface area contributed by atoms with Crippen LogP contribution in [0.2, 0.25) is 0 Å². The van der Waals surface area contributed by atoms with Gasteiger partial charge in [-0.15, -0.1) is 11.3 Å². The number of nitrogens with zero attached hydrogens (tertiary/aromatic N) is 3. The summed E-state index contributed by atoms with van der Waals surface area (Å²) in [5, 5.41) is 8.97. The highest BCUT2D eigenvalue weighted by atomic mass is 32.1. The molecule has 2 heterocycles. The maximum atomic E-state index is 4.57. The fourth-order valence-electron chi connectivity index (χ4n) is 1.88. The van der Waals surface area contributed by atoms with E-state index in [-0.39, 0.29) is 0 Å². The minimum Gasteiger partial charge on any atom is -0.311 e. The molecule has 0 unspecified atom stereocenters. The maximum Gasteiger partial charge on any atom is 0.115 e. The minimum absolute atomic E-state index is 0.667. The van der Waals surface area contributed by atoms with Gasteiger partial charge in [-0.25, -0.2) is 4.98 Å². The van der Waals surface area contributed by atoms with Gasteiger partial charge in [0.25, 0.3) is 0 Å². The second-order valence-corrected chi connectivity index (χ2v) is 6.54. The summed E-state index contributed by atoms with van der Waals surface area (Å²) in [6.07, 6.45) is 1.86. The van der Waals surface area contributed by atoms with Crippen molar-refractivity contribution in [2.24, 2.45) is 5.92 Å². The summed E-state index contributed by atoms with van der Waals surface area (Å²) in [7, 11) is 0. The van der Waals surface area contributed by atoms with Crippen LogP contribution < -0.4 is 5.32 Å². The third-order valence-corrected chi connectivity index (χ3v) is 4.08. The van der Waals surface area contributed by atoms with Crippen LogP contribution in [0.4, 0.5) is 0 Å². The first kappa shape index (κ1) is 14.2. The smallest absolute Gasteiger partial charge is 0.115 e. The molecule has 0 fully saturated rings. The summed E-state index contributed by atoms with van der Waals surface area (Å²) in [5.41, 5.74) is 2.35. The number of aryl methyl sites for hydroxylation is 2. The predicted octanol–water partition coefficient (Wildman–Crippen LogP) is 2.75. The third-order valence-electron chi connectivity index (χ3n) is 3.02. The summed E-state index contributed by atoms with van der Waals surface area (Å²) < 4.78 is 2.03. The number of hydrogen-bond acceptors (Lipinski definition) is 4. The molecular weight excluding hydrogens is 256 g/mol. The first-order valence-corrected chi connectivity index (χ1v) is 7.52. The van der Waals surface area contributed by atoms with Gasteiger partial charge < -0.3 is 5.32 Å². The van der Waals surface area contributed by atoms with Crippen molar-refractivity contribution in [2.75, 3.05) is 6.54 Å². The van der Waals surface area contributed by atoms with Crippen molar-refractivity contribution in [3.05, 3.63) is 33.5 Å². The fourth-order valence-corrected chi connectivity index (χ4v) is 2.79. The zero-order valence-corrected chi connectivity index (χ0v) is 12.9. The number of nitrogens with one attached hydrogen (secondary N) is 1. The molecule has 0 aromatic carbocycles. The van der Waals surface area contributed by atoms with Gasteiger partial charge in [-0.05, 0) is 32.4 Å². The summed E-state index contributed by atoms with van der Waals surface area (Å²) in [6, 6.07) is 2.07. The van der Waals surface area contributed by atoms with Crippen molar-refractivity contribution in [3.63, 3.8) is 0 Å². The predicted molar refractivity (Wildman–Crippen MR) is 79.5 cm³/mol. The quantitative estimate of drug-likeness (QED) is 0.883. The molecule has 0 bridgehead atoms. The Balaban J connectivity index is 1.99. The molecule has 0 radical (unpaired) electrons. The van der Waals surface area contributed by atoms with Crippen molar-refractivity contribution in [3.8, 4) is 0 Å². The summed E-state index contributed by atoms with van der Waals surface area (Å²) in [5.74, 6) is 0.667. The Morgan fingerprint density at radius 2 is 2.16 bits per heavy atom. The fraction of sp³-hybridized carbons (Fsp3) is 0.571. The summed E-state index contributed by atoms with van der Waals surface area (Å²) >= 11 is 1.76. The van der Waals surface area contributed by atoms with Crippen molar-refractivity contribution in [1.29, 1.82) is 0 Å². The zero-order chi connectivity index (χ0) is 13.8. The van der Waals surface area contributed by atoms with Crippen LogP contribution in [-0.2, 0) is 13.1 Å². The Labute approximate surface area is 118 Å². The molecule has 0 aliphatic heterocycles. The molecule has 104 valence electrons. The Morgan fingerprint density at radius 1 is 1.37 bits per heavy atom. The van der Waals surface area contributed by atoms with E-state index in [1.165, 1.54) is 10.6 Å². The Bertz CT molecular complexity index is 508. The largest absolute Gasteiger partial charge is 0.311 e. The van der Waals surface area contributed by atoms with E-state index in [0.717, 1.165) is 30.3 Å². The van der Waals surface area contributed by atoms with E-state index in [9.17, 15) is 0 Å². The van der Waals surface area contributed by atoms with Gasteiger partial charge in [-0.1, -0.05) is 13.8 Å². The number of thiazole rings is 1. The molecule has 0 spiro atoms. The van der Waals surface area contributed by atoms with Gasteiger partial charge in [0.1, 0.15) is 5.01 Å². The lowest BCUT2D eigenvalue weighted by atomic mass is 10.2. The molecule has 0 saturated heterocycles. The molecular formula is C14H22N4S. The van der Waals surface area contributed by atoms with Gasteiger partial charge in [0.15, 0.2) is 0 Å². The van der Waals surface area contributed by atoms with E-state index in [1.54, 1.807) is 11.3 Å². The molecule has 5 heteroatoms. The highest BCUT2D eigenvalue weighted by Gasteiger charge is 2.08. The topological polar surface area (TPSA) is 42.7 Å². The van der Waals surface area contributed by atoms with Gasteiger partial charge in [0.05, 0.1) is 17.9 Å². The summed E-state index contributed by atoms with van der Waals surface area (Å²) in [6.45, 7) is 11.3. The molecule has 4 nitrogen and oxygen atoms in total. The molecule has 2 rings (SSSR count). The van der Waals surface area contributed by atoms with Crippen molar-refractivity contribution in [2.45, 2.75) is 40.8 Å². The molecule has 19 heavy (non-hydrogen) atoms. The molecule has 0 atom stereocenters. The normalized spacial score (nSPS) is 11.4. The average molecular weight is 278 g/mol. The van der Waals surface area contributed by atoms with Crippen LogP contribution in [0.25, 0.3) is 0 Å². The number of hydrogen-bond donors (Lipinski definition) is 1. The van der Waals surface area contributed by atoms with Crippen LogP contribution in [0.5, 0.6) is 0 Å². The Morgan fingerprint density at radius 3 is 2.79 bits per heavy atom. The van der Waals surface area contributed by atoms with E-state index < -0.39 is 0 Å². The van der Waals surface area contributed by atoms with Crippen molar-refractivity contribution < 1.29 is 0 Å². The lowest BCUT2D eigenvalue weighted by Crippen LogP contribution is -2.21. The standard InChI is InChI=1S/C14H22N4S/c1-10(2)7-15-8-13-5-6-16-18(13)9-14-17-11(3)12(4)19-14/h5-6,10,15H,7-9H2,1-4H3. The molecule has 1 N–H and O–H groups in total. The van der Waals surface area contributed by atoms with E-state index >= 15 is 0 Å². The lowest BCUT2D eigenvalue weighted by molar-refractivity contribution is 0.529. The second-order valence-electron chi connectivity index (χ2n) is 5.25. The van der Waals surface area contributed by atoms with E-state index in [4.69, 9.17) is 0 Å². The molecule has 2 aromatic heterocycles. The highest BCUT2D eigenvalue weighted by Crippen LogP contribution is 2.17. The van der Waals surface area contributed by atoms with Crippen LogP contribution >= 0.6 is 11.3 Å². The lowest BCUT2D eigenvalue weighted by Gasteiger charge is -2.09. The molecule has 0 aliphatic rings. The monoisotopic (exact) mass is 278 g/mol. The van der Waals surface area contributed by atoms with Crippen molar-refractivity contribution >= 4 is 11.3 Å². The van der Waals surface area contributed by atoms with Gasteiger partial charge in [-0.2, -0.15) is 5.10 Å². The van der Waals surface area contributed by atoms with Crippen LogP contribution in [0.3, 0.4) is 0 Å². The average Bonchev–Trinajstić information content (AvgIpc) is 2.88. The maximum absolute atomic E-state index is 4.57. The molecule has 0 aliphatic carbocycles. The molecule has 0 saturated carbocycles. The first-order valence-electron chi connectivity index (χ1n) is 6.70. The molecule has 2 aromatic rings. The van der Waals surface area contributed by atoms with Crippen LogP contribution in [-0.4, -0.2) is 21.3 Å². The number of aromatic nitrogens is 3. The van der Waals surface area contributed by atoms with Crippen LogP contribution in [0.15, 0.2) is 12.3 Å². The van der Waals surface area contributed by atoms with Gasteiger partial charge in [-0.3, -0.25) is 4.68 Å².